The predicted molar refractivity (Wildman–Crippen MR) is 119 cm³/mol. The van der Waals surface area contributed by atoms with Crippen molar-refractivity contribution in [1.29, 1.82) is 0 Å². The third-order valence-corrected chi connectivity index (χ3v) is 6.19. The van der Waals surface area contributed by atoms with Crippen LogP contribution in [0.15, 0.2) is 63.9 Å². The Kier molecular flexibility index (Phi) is 6.69. The number of aryl methyl sites for hydroxylation is 2. The first-order valence-electron chi connectivity index (χ1n) is 9.73. The molecule has 0 spiro atoms. The van der Waals surface area contributed by atoms with Gasteiger partial charge >= 0.3 is 5.97 Å². The molecule has 0 saturated heterocycles. The molecule has 0 aliphatic heterocycles. The van der Waals surface area contributed by atoms with Gasteiger partial charge in [-0.2, -0.15) is 0 Å². The number of carbonyl (C=O) groups is 2. The molecule has 168 valence electrons. The summed E-state index contributed by atoms with van der Waals surface area (Å²) < 4.78 is 38.3. The largest absolute Gasteiger partial charge is 0.465 e. The van der Waals surface area contributed by atoms with Gasteiger partial charge < -0.3 is 14.1 Å². The molecule has 0 aliphatic carbocycles. The molecule has 0 saturated carbocycles. The summed E-state index contributed by atoms with van der Waals surface area (Å²) in [4.78, 5) is 26.0. The number of carbonyl (C=O) groups excluding carboxylic acids is 2. The van der Waals surface area contributed by atoms with Gasteiger partial charge in [0, 0.05) is 18.3 Å². The Labute approximate surface area is 186 Å². The van der Waals surface area contributed by atoms with Gasteiger partial charge in [0.25, 0.3) is 15.9 Å². The molecule has 1 amide bonds. The van der Waals surface area contributed by atoms with E-state index in [1.54, 1.807) is 38.2 Å². The molecule has 0 aliphatic rings. The second-order valence-corrected chi connectivity index (χ2v) is 9.02. The number of furan rings is 1. The van der Waals surface area contributed by atoms with E-state index >= 15 is 0 Å². The summed E-state index contributed by atoms with van der Waals surface area (Å²) >= 11 is 0. The van der Waals surface area contributed by atoms with Gasteiger partial charge in [-0.25, -0.2) is 13.2 Å². The molecule has 0 atom stereocenters. The van der Waals surface area contributed by atoms with Crippen molar-refractivity contribution in [2.24, 2.45) is 0 Å². The number of rotatable bonds is 7. The first-order valence-corrected chi connectivity index (χ1v) is 11.2. The fraction of sp³-hybridized carbons (Fsp3) is 0.217. The van der Waals surface area contributed by atoms with E-state index in [-0.39, 0.29) is 17.0 Å². The van der Waals surface area contributed by atoms with E-state index < -0.39 is 21.9 Å². The fourth-order valence-corrected chi connectivity index (χ4v) is 4.20. The third-order valence-electron chi connectivity index (χ3n) is 4.81. The lowest BCUT2D eigenvalue weighted by molar-refractivity contribution is 0.0598. The van der Waals surface area contributed by atoms with E-state index in [9.17, 15) is 18.0 Å². The van der Waals surface area contributed by atoms with E-state index in [0.29, 0.717) is 22.8 Å². The van der Waals surface area contributed by atoms with Crippen LogP contribution in [-0.2, 0) is 21.3 Å². The monoisotopic (exact) mass is 456 g/mol. The van der Waals surface area contributed by atoms with Crippen LogP contribution in [0.1, 0.15) is 37.8 Å². The summed E-state index contributed by atoms with van der Waals surface area (Å²) in [7, 11) is -1.04. The zero-order chi connectivity index (χ0) is 23.5. The predicted octanol–water partition coefficient (Wildman–Crippen LogP) is 3.76. The van der Waals surface area contributed by atoms with Crippen LogP contribution in [0.2, 0.25) is 0 Å². The Morgan fingerprint density at radius 1 is 1.06 bits per heavy atom. The Morgan fingerprint density at radius 3 is 2.41 bits per heavy atom. The number of methoxy groups -OCH3 is 1. The summed E-state index contributed by atoms with van der Waals surface area (Å²) in [5.74, 6) is -0.122. The molecule has 9 heteroatoms. The minimum absolute atomic E-state index is 0.0286. The first-order chi connectivity index (χ1) is 15.1. The number of ether oxygens (including phenoxy) is 1. The van der Waals surface area contributed by atoms with Crippen LogP contribution in [0.5, 0.6) is 0 Å². The number of nitrogens with zero attached hydrogens (tertiary/aromatic N) is 1. The maximum atomic E-state index is 12.9. The Hall–Kier alpha value is -3.59. The molecule has 3 aromatic rings. The van der Waals surface area contributed by atoms with E-state index in [4.69, 9.17) is 9.15 Å². The lowest BCUT2D eigenvalue weighted by Gasteiger charge is -2.16. The molecule has 0 radical (unpaired) electrons. The zero-order valence-corrected chi connectivity index (χ0v) is 19.0. The maximum Gasteiger partial charge on any atom is 0.341 e. The van der Waals surface area contributed by atoms with Crippen molar-refractivity contribution in [2.75, 3.05) is 18.9 Å². The molecular weight excluding hydrogens is 432 g/mol. The second-order valence-electron chi connectivity index (χ2n) is 7.33. The topological polar surface area (TPSA) is 106 Å². The van der Waals surface area contributed by atoms with E-state index in [2.05, 4.69) is 4.72 Å². The average Bonchev–Trinajstić information content (AvgIpc) is 3.14. The minimum Gasteiger partial charge on any atom is -0.465 e. The molecule has 2 aromatic carbocycles. The SMILES string of the molecule is COC(=O)c1cc(CN(C)C(=O)c2cccc(S(=O)(=O)Nc3ccc(C)cc3)c2)oc1C. The van der Waals surface area contributed by atoms with Crippen LogP contribution >= 0.6 is 0 Å². The minimum atomic E-state index is -3.87. The number of benzene rings is 2. The van der Waals surface area contributed by atoms with Crippen molar-refractivity contribution in [2.45, 2.75) is 25.3 Å². The molecular formula is C23H24N2O6S. The van der Waals surface area contributed by atoms with Gasteiger partial charge in [-0.15, -0.1) is 0 Å². The first kappa shape index (κ1) is 23.1. The summed E-state index contributed by atoms with van der Waals surface area (Å²) in [5, 5.41) is 0. The van der Waals surface area contributed by atoms with Gasteiger partial charge in [-0.3, -0.25) is 9.52 Å². The summed E-state index contributed by atoms with van der Waals surface area (Å²) in [5.41, 5.74) is 1.93. The highest BCUT2D eigenvalue weighted by Crippen LogP contribution is 2.20. The normalized spacial score (nSPS) is 11.1. The second kappa shape index (κ2) is 9.27. The van der Waals surface area contributed by atoms with Crippen LogP contribution in [-0.4, -0.2) is 39.4 Å². The van der Waals surface area contributed by atoms with Crippen molar-refractivity contribution in [3.8, 4) is 0 Å². The Balaban J connectivity index is 1.77. The smallest absolute Gasteiger partial charge is 0.341 e. The molecule has 1 N–H and O–H groups in total. The number of hydrogen-bond acceptors (Lipinski definition) is 6. The molecule has 8 nitrogen and oxygen atoms in total. The molecule has 0 bridgehead atoms. The molecule has 1 heterocycles. The van der Waals surface area contributed by atoms with Crippen LogP contribution in [0.3, 0.4) is 0 Å². The van der Waals surface area contributed by atoms with Crippen LogP contribution in [0.25, 0.3) is 0 Å². The van der Waals surface area contributed by atoms with Gasteiger partial charge in [-0.1, -0.05) is 23.8 Å². The van der Waals surface area contributed by atoms with Crippen LogP contribution in [0.4, 0.5) is 5.69 Å². The van der Waals surface area contributed by atoms with Crippen molar-refractivity contribution in [3.63, 3.8) is 0 Å². The third kappa shape index (κ3) is 5.17. The average molecular weight is 457 g/mol. The zero-order valence-electron chi connectivity index (χ0n) is 18.2. The molecule has 0 unspecified atom stereocenters. The van der Waals surface area contributed by atoms with Gasteiger partial charge in [0.15, 0.2) is 0 Å². The number of esters is 1. The van der Waals surface area contributed by atoms with Crippen molar-refractivity contribution < 1.29 is 27.2 Å². The van der Waals surface area contributed by atoms with E-state index in [1.807, 2.05) is 6.92 Å². The van der Waals surface area contributed by atoms with Crippen molar-refractivity contribution in [1.82, 2.24) is 4.90 Å². The lowest BCUT2D eigenvalue weighted by Crippen LogP contribution is -2.26. The van der Waals surface area contributed by atoms with Gasteiger partial charge in [0.05, 0.1) is 18.6 Å². The summed E-state index contributed by atoms with van der Waals surface area (Å²) in [6.45, 7) is 3.63. The highest BCUT2D eigenvalue weighted by molar-refractivity contribution is 7.92. The number of nitrogens with one attached hydrogen (secondary N) is 1. The van der Waals surface area contributed by atoms with E-state index in [1.165, 1.54) is 42.3 Å². The number of amides is 1. The summed E-state index contributed by atoms with van der Waals surface area (Å²) in [6, 6.07) is 14.3. The van der Waals surface area contributed by atoms with Gasteiger partial charge in [-0.05, 0) is 50.2 Å². The molecule has 3 rings (SSSR count). The van der Waals surface area contributed by atoms with E-state index in [0.717, 1.165) is 5.56 Å². The maximum absolute atomic E-state index is 12.9. The van der Waals surface area contributed by atoms with Crippen LogP contribution in [0, 0.1) is 13.8 Å². The Morgan fingerprint density at radius 2 is 1.75 bits per heavy atom. The lowest BCUT2D eigenvalue weighted by atomic mass is 10.2. The molecule has 1 aromatic heterocycles. The van der Waals surface area contributed by atoms with Gasteiger partial charge in [0.1, 0.15) is 17.1 Å². The number of anilines is 1. The number of hydrogen-bond donors (Lipinski definition) is 1. The standard InChI is InChI=1S/C23H24N2O6S/c1-15-8-10-18(11-9-15)24-32(28,29)20-7-5-6-17(12-20)22(26)25(3)14-19-13-21(16(2)31-19)23(27)30-4/h5-13,24H,14H2,1-4H3. The Bertz CT molecular complexity index is 1250. The summed E-state index contributed by atoms with van der Waals surface area (Å²) in [6.07, 6.45) is 0. The van der Waals surface area contributed by atoms with Crippen molar-refractivity contribution in [3.05, 3.63) is 82.8 Å². The molecule has 32 heavy (non-hydrogen) atoms. The van der Waals surface area contributed by atoms with Crippen LogP contribution < -0.4 is 4.72 Å². The quantitative estimate of drug-likeness (QED) is 0.543. The van der Waals surface area contributed by atoms with Crippen molar-refractivity contribution >= 4 is 27.6 Å². The molecule has 0 fully saturated rings. The van der Waals surface area contributed by atoms with Gasteiger partial charge in [0.2, 0.25) is 0 Å². The fourth-order valence-electron chi connectivity index (χ4n) is 3.09. The highest BCUT2D eigenvalue weighted by Gasteiger charge is 2.21. The number of sulfonamides is 1. The highest BCUT2D eigenvalue weighted by atomic mass is 32.2.